The highest BCUT2D eigenvalue weighted by atomic mass is 35.5. The first-order chi connectivity index (χ1) is 18.5. The number of methoxy groups -OCH3 is 1. The van der Waals surface area contributed by atoms with Crippen LogP contribution in [0.4, 0.5) is 16.0 Å². The quantitative estimate of drug-likeness (QED) is 0.332. The van der Waals surface area contributed by atoms with Crippen LogP contribution in [0.5, 0.6) is 0 Å². The molecule has 0 radical (unpaired) electrons. The van der Waals surface area contributed by atoms with E-state index in [4.69, 9.17) is 21.1 Å². The molecular weight excluding hydrogens is 551 g/mol. The molecule has 0 aliphatic carbocycles. The lowest BCUT2D eigenvalue weighted by atomic mass is 10.0. The van der Waals surface area contributed by atoms with Gasteiger partial charge in [-0.15, -0.1) is 0 Å². The van der Waals surface area contributed by atoms with Crippen LogP contribution in [-0.2, 0) is 24.3 Å². The summed E-state index contributed by atoms with van der Waals surface area (Å²) in [7, 11) is -2.43. The molecule has 1 fully saturated rings. The molecular formula is C25H30ClFN6O5S. The number of sulfonamides is 1. The molecule has 1 saturated heterocycles. The summed E-state index contributed by atoms with van der Waals surface area (Å²) < 4.78 is 53.7. The number of nitrogens with zero attached hydrogens (tertiary/aromatic N) is 4. The second-order valence-electron chi connectivity index (χ2n) is 9.41. The Kier molecular flexibility index (Phi) is 9.03. The van der Waals surface area contributed by atoms with Crippen LogP contribution in [0.25, 0.3) is 22.5 Å². The summed E-state index contributed by atoms with van der Waals surface area (Å²) in [6, 6.07) is 4.25. The maximum absolute atomic E-state index is 15.7. The SMILES string of the molecule is COC(=O)C[C@@H](C)CNc1nccc(-c2cn(C3CCCCO3)nc2-c2cc(Cl)cc(NS(C)(=O)=O)c2F)n1. The van der Waals surface area contributed by atoms with Crippen LogP contribution in [0.1, 0.15) is 38.8 Å². The number of halogens is 2. The lowest BCUT2D eigenvalue weighted by Gasteiger charge is -2.22. The van der Waals surface area contributed by atoms with Crippen molar-refractivity contribution in [1.82, 2.24) is 19.7 Å². The van der Waals surface area contributed by atoms with E-state index in [0.29, 0.717) is 30.4 Å². The van der Waals surface area contributed by atoms with E-state index in [9.17, 15) is 13.2 Å². The van der Waals surface area contributed by atoms with E-state index in [1.165, 1.54) is 19.2 Å². The lowest BCUT2D eigenvalue weighted by molar-refractivity contribution is -0.141. The molecule has 0 spiro atoms. The average molecular weight is 581 g/mol. The number of aromatic nitrogens is 4. The number of benzene rings is 1. The Labute approximate surface area is 231 Å². The van der Waals surface area contributed by atoms with Gasteiger partial charge < -0.3 is 14.8 Å². The van der Waals surface area contributed by atoms with E-state index in [1.54, 1.807) is 23.1 Å². The van der Waals surface area contributed by atoms with Crippen molar-refractivity contribution in [2.75, 3.05) is 36.6 Å². The van der Waals surface area contributed by atoms with Gasteiger partial charge in [-0.05, 0) is 43.4 Å². The molecule has 1 aromatic carbocycles. The fourth-order valence-corrected chi connectivity index (χ4v) is 4.96. The van der Waals surface area contributed by atoms with Crippen LogP contribution in [0.3, 0.4) is 0 Å². The maximum atomic E-state index is 15.7. The molecule has 2 aromatic heterocycles. The Morgan fingerprint density at radius 1 is 1.33 bits per heavy atom. The fourth-order valence-electron chi connectivity index (χ4n) is 4.19. The standard InChI is InChI=1S/C25H30ClFN6O5S/c1-15(10-22(34)37-2)13-29-25-28-8-7-19(30-25)18-14-33(21-6-4-5-9-38-21)31-24(18)17-11-16(26)12-20(23(17)27)32-39(3,35)36/h7-8,11-12,14-15,21,32H,4-6,9-10,13H2,1-3H3,(H,28,29,30)/t15-,21?/m1/s1. The summed E-state index contributed by atoms with van der Waals surface area (Å²) in [5.74, 6) is -0.866. The van der Waals surface area contributed by atoms with Gasteiger partial charge in [0.15, 0.2) is 5.82 Å². The third-order valence-electron chi connectivity index (χ3n) is 6.05. The summed E-state index contributed by atoms with van der Waals surface area (Å²) in [4.78, 5) is 20.4. The van der Waals surface area contributed by atoms with Crippen LogP contribution in [0, 0.1) is 11.7 Å². The van der Waals surface area contributed by atoms with Gasteiger partial charge in [0.25, 0.3) is 0 Å². The third kappa shape index (κ3) is 7.43. The minimum absolute atomic E-state index is 0.00182. The molecule has 0 amide bonds. The Hall–Kier alpha value is -3.29. The van der Waals surface area contributed by atoms with Gasteiger partial charge in [0, 0.05) is 48.1 Å². The topological polar surface area (TPSA) is 137 Å². The summed E-state index contributed by atoms with van der Waals surface area (Å²) in [6.45, 7) is 2.89. The van der Waals surface area contributed by atoms with Crippen molar-refractivity contribution in [2.45, 2.75) is 38.8 Å². The number of anilines is 2. The highest BCUT2D eigenvalue weighted by Crippen LogP contribution is 2.38. The van der Waals surface area contributed by atoms with E-state index in [2.05, 4.69) is 25.1 Å². The Balaban J connectivity index is 1.74. The molecule has 3 heterocycles. The van der Waals surface area contributed by atoms with Crippen molar-refractivity contribution in [3.05, 3.63) is 41.4 Å². The predicted octanol–water partition coefficient (Wildman–Crippen LogP) is 4.48. The van der Waals surface area contributed by atoms with Crippen molar-refractivity contribution in [3.63, 3.8) is 0 Å². The molecule has 11 nitrogen and oxygen atoms in total. The second kappa shape index (κ2) is 12.3. The lowest BCUT2D eigenvalue weighted by Crippen LogP contribution is -2.18. The summed E-state index contributed by atoms with van der Waals surface area (Å²) in [6.07, 6.45) is 6.72. The van der Waals surface area contributed by atoms with Crippen molar-refractivity contribution in [2.24, 2.45) is 5.92 Å². The van der Waals surface area contributed by atoms with E-state index in [1.807, 2.05) is 6.92 Å². The number of hydrogen-bond donors (Lipinski definition) is 2. The van der Waals surface area contributed by atoms with E-state index >= 15 is 4.39 Å². The van der Waals surface area contributed by atoms with Gasteiger partial charge in [0.2, 0.25) is 16.0 Å². The van der Waals surface area contributed by atoms with E-state index in [-0.39, 0.29) is 46.5 Å². The number of ether oxygens (including phenoxy) is 2. The van der Waals surface area contributed by atoms with Crippen molar-refractivity contribution < 1.29 is 27.1 Å². The molecule has 1 aliphatic rings. The molecule has 3 aromatic rings. The smallest absolute Gasteiger partial charge is 0.305 e. The van der Waals surface area contributed by atoms with Crippen molar-refractivity contribution in [3.8, 4) is 22.5 Å². The highest BCUT2D eigenvalue weighted by molar-refractivity contribution is 7.92. The average Bonchev–Trinajstić information content (AvgIpc) is 3.34. The summed E-state index contributed by atoms with van der Waals surface area (Å²) in [5.41, 5.74) is 0.840. The number of hydrogen-bond acceptors (Lipinski definition) is 9. The molecule has 1 aliphatic heterocycles. The minimum atomic E-state index is -3.77. The van der Waals surface area contributed by atoms with E-state index in [0.717, 1.165) is 25.5 Å². The molecule has 2 N–H and O–H groups in total. The number of nitrogens with one attached hydrogen (secondary N) is 2. The predicted molar refractivity (Wildman–Crippen MR) is 145 cm³/mol. The molecule has 210 valence electrons. The van der Waals surface area contributed by atoms with Gasteiger partial charge >= 0.3 is 5.97 Å². The molecule has 4 rings (SSSR count). The van der Waals surface area contributed by atoms with Crippen LogP contribution < -0.4 is 10.0 Å². The summed E-state index contributed by atoms with van der Waals surface area (Å²) in [5, 5.41) is 7.89. The zero-order chi connectivity index (χ0) is 28.2. The zero-order valence-electron chi connectivity index (χ0n) is 21.8. The number of carbonyl (C=O) groups excluding carboxylic acids is 1. The first-order valence-electron chi connectivity index (χ1n) is 12.4. The van der Waals surface area contributed by atoms with Gasteiger partial charge in [-0.25, -0.2) is 27.5 Å². The van der Waals surface area contributed by atoms with Gasteiger partial charge in [0.05, 0.1) is 24.7 Å². The zero-order valence-corrected chi connectivity index (χ0v) is 23.4. The van der Waals surface area contributed by atoms with Crippen LogP contribution in [-0.4, -0.2) is 60.7 Å². The normalized spacial score (nSPS) is 16.5. The molecule has 0 bridgehead atoms. The number of carbonyl (C=O) groups is 1. The maximum Gasteiger partial charge on any atom is 0.305 e. The summed E-state index contributed by atoms with van der Waals surface area (Å²) >= 11 is 6.27. The largest absolute Gasteiger partial charge is 0.469 e. The van der Waals surface area contributed by atoms with Gasteiger partial charge in [-0.3, -0.25) is 9.52 Å². The van der Waals surface area contributed by atoms with Crippen LogP contribution >= 0.6 is 11.6 Å². The number of esters is 1. The van der Waals surface area contributed by atoms with Gasteiger partial charge in [-0.1, -0.05) is 18.5 Å². The Bertz CT molecular complexity index is 1440. The molecule has 14 heteroatoms. The van der Waals surface area contributed by atoms with Gasteiger partial charge in [0.1, 0.15) is 11.9 Å². The third-order valence-corrected chi connectivity index (χ3v) is 6.86. The molecule has 1 unspecified atom stereocenters. The molecule has 39 heavy (non-hydrogen) atoms. The highest BCUT2D eigenvalue weighted by Gasteiger charge is 2.25. The first kappa shape index (κ1) is 28.7. The van der Waals surface area contributed by atoms with E-state index < -0.39 is 15.8 Å². The van der Waals surface area contributed by atoms with Crippen molar-refractivity contribution >= 4 is 39.2 Å². The van der Waals surface area contributed by atoms with Gasteiger partial charge in [-0.2, -0.15) is 5.10 Å². The molecule has 0 saturated carbocycles. The van der Waals surface area contributed by atoms with Crippen LogP contribution in [0.15, 0.2) is 30.6 Å². The first-order valence-corrected chi connectivity index (χ1v) is 14.6. The number of rotatable bonds is 10. The fraction of sp³-hybridized carbons (Fsp3) is 0.440. The molecule has 2 atom stereocenters. The van der Waals surface area contributed by atoms with Crippen molar-refractivity contribution in [1.29, 1.82) is 0 Å². The Morgan fingerprint density at radius 3 is 2.82 bits per heavy atom. The Morgan fingerprint density at radius 2 is 2.13 bits per heavy atom. The minimum Gasteiger partial charge on any atom is -0.469 e. The van der Waals surface area contributed by atoms with Crippen LogP contribution in [0.2, 0.25) is 5.02 Å². The second-order valence-corrected chi connectivity index (χ2v) is 11.6. The monoisotopic (exact) mass is 580 g/mol.